The zero-order chi connectivity index (χ0) is 22.1. The van der Waals surface area contributed by atoms with Crippen molar-refractivity contribution in [2.24, 2.45) is 5.92 Å². The number of anilines is 1. The van der Waals surface area contributed by atoms with Crippen LogP contribution in [-0.4, -0.2) is 13.2 Å². The standard InChI is InChI=1S/C23H26ClN3O2S/c1-4-5-11-28-22-17(14-26)16(13-25)21(29-12-10-15(2)3)20(24)23(22)30-19-9-7-6-8-18(19)27/h6-9,15H,4-5,10-12,27H2,1-3H3. The topological polar surface area (TPSA) is 92.1 Å². The van der Waals surface area contributed by atoms with E-state index in [-0.39, 0.29) is 21.9 Å². The lowest BCUT2D eigenvalue weighted by Crippen LogP contribution is -2.08. The van der Waals surface area contributed by atoms with Crippen LogP contribution < -0.4 is 15.2 Å². The fourth-order valence-corrected chi connectivity index (χ4v) is 3.97. The van der Waals surface area contributed by atoms with Gasteiger partial charge in [0.05, 0.1) is 18.1 Å². The van der Waals surface area contributed by atoms with Crippen LogP contribution in [-0.2, 0) is 0 Å². The van der Waals surface area contributed by atoms with E-state index in [0.717, 1.165) is 24.2 Å². The maximum Gasteiger partial charge on any atom is 0.158 e. The van der Waals surface area contributed by atoms with Gasteiger partial charge in [0.25, 0.3) is 0 Å². The van der Waals surface area contributed by atoms with E-state index in [0.29, 0.717) is 35.5 Å². The maximum atomic E-state index is 9.85. The Kier molecular flexibility index (Phi) is 9.17. The first-order valence-electron chi connectivity index (χ1n) is 9.92. The molecule has 0 aliphatic carbocycles. The van der Waals surface area contributed by atoms with Gasteiger partial charge >= 0.3 is 0 Å². The molecule has 0 radical (unpaired) electrons. The summed E-state index contributed by atoms with van der Waals surface area (Å²) in [6.07, 6.45) is 2.55. The largest absolute Gasteiger partial charge is 0.491 e. The SMILES string of the molecule is CCCCOc1c(C#N)c(C#N)c(OCCC(C)C)c(Cl)c1Sc1ccccc1N. The lowest BCUT2D eigenvalue weighted by molar-refractivity contribution is 0.283. The van der Waals surface area contributed by atoms with E-state index < -0.39 is 0 Å². The number of nitrogens with zero attached hydrogens (tertiary/aromatic N) is 2. The van der Waals surface area contributed by atoms with E-state index in [4.69, 9.17) is 26.8 Å². The van der Waals surface area contributed by atoms with Crippen LogP contribution in [0.1, 0.15) is 51.2 Å². The summed E-state index contributed by atoms with van der Waals surface area (Å²) >= 11 is 8.04. The Morgan fingerprint density at radius 2 is 1.70 bits per heavy atom. The van der Waals surface area contributed by atoms with E-state index in [2.05, 4.69) is 26.0 Å². The molecule has 0 aliphatic rings. The second kappa shape index (κ2) is 11.6. The third kappa shape index (κ3) is 5.75. The number of benzene rings is 2. The van der Waals surface area contributed by atoms with Crippen molar-refractivity contribution >= 4 is 29.1 Å². The molecule has 0 spiro atoms. The van der Waals surface area contributed by atoms with Crippen LogP contribution in [0.2, 0.25) is 5.02 Å². The first-order chi connectivity index (χ1) is 14.4. The number of rotatable bonds is 10. The molecule has 0 aromatic heterocycles. The fourth-order valence-electron chi connectivity index (χ4n) is 2.63. The predicted molar refractivity (Wildman–Crippen MR) is 121 cm³/mol. The Labute approximate surface area is 187 Å². The molecule has 2 N–H and O–H groups in total. The Morgan fingerprint density at radius 3 is 2.30 bits per heavy atom. The van der Waals surface area contributed by atoms with Crippen molar-refractivity contribution in [3.63, 3.8) is 0 Å². The minimum atomic E-state index is 0.100. The Morgan fingerprint density at radius 1 is 1.07 bits per heavy atom. The average Bonchev–Trinajstić information content (AvgIpc) is 2.72. The molecule has 2 aromatic rings. The summed E-state index contributed by atoms with van der Waals surface area (Å²) in [5.41, 5.74) is 6.94. The van der Waals surface area contributed by atoms with E-state index in [1.165, 1.54) is 11.8 Å². The van der Waals surface area contributed by atoms with E-state index in [1.54, 1.807) is 6.07 Å². The van der Waals surface area contributed by atoms with E-state index >= 15 is 0 Å². The normalized spacial score (nSPS) is 10.5. The summed E-state index contributed by atoms with van der Waals surface area (Å²) in [5, 5.41) is 19.9. The van der Waals surface area contributed by atoms with Crippen molar-refractivity contribution in [1.82, 2.24) is 0 Å². The van der Waals surface area contributed by atoms with Gasteiger partial charge in [0.15, 0.2) is 11.5 Å². The number of nitrogens with two attached hydrogens (primary N) is 1. The molecule has 0 aliphatic heterocycles. The Bertz CT molecular complexity index is 964. The molecule has 0 saturated heterocycles. The summed E-state index contributed by atoms with van der Waals surface area (Å²) in [7, 11) is 0. The predicted octanol–water partition coefficient (Wildman–Crippen LogP) is 6.42. The molecule has 0 amide bonds. The number of halogens is 1. The van der Waals surface area contributed by atoms with Gasteiger partial charge in [-0.1, -0.05) is 62.7 Å². The number of hydrogen-bond acceptors (Lipinski definition) is 6. The quantitative estimate of drug-likeness (QED) is 0.336. The minimum absolute atomic E-state index is 0.100. The molecule has 2 rings (SSSR count). The van der Waals surface area contributed by atoms with Crippen molar-refractivity contribution < 1.29 is 9.47 Å². The first-order valence-corrected chi connectivity index (χ1v) is 11.1. The molecule has 158 valence electrons. The number of nitrogen functional groups attached to an aromatic ring is 1. The molecule has 0 heterocycles. The second-order valence-electron chi connectivity index (χ2n) is 7.15. The lowest BCUT2D eigenvalue weighted by Gasteiger charge is -2.20. The maximum absolute atomic E-state index is 9.85. The van der Waals surface area contributed by atoms with Gasteiger partial charge in [-0.05, 0) is 30.9 Å². The van der Waals surface area contributed by atoms with Crippen molar-refractivity contribution in [1.29, 1.82) is 10.5 Å². The third-order valence-electron chi connectivity index (χ3n) is 4.35. The highest BCUT2D eigenvalue weighted by atomic mass is 35.5. The van der Waals surface area contributed by atoms with Crippen LogP contribution in [0.4, 0.5) is 5.69 Å². The van der Waals surface area contributed by atoms with Crippen molar-refractivity contribution in [2.75, 3.05) is 18.9 Å². The molecular formula is C23H26ClN3O2S. The summed E-state index contributed by atoms with van der Waals surface area (Å²) in [6, 6.07) is 11.6. The molecular weight excluding hydrogens is 418 g/mol. The van der Waals surface area contributed by atoms with Crippen LogP contribution in [0.3, 0.4) is 0 Å². The van der Waals surface area contributed by atoms with Gasteiger partial charge in [0.2, 0.25) is 0 Å². The van der Waals surface area contributed by atoms with E-state index in [1.807, 2.05) is 25.1 Å². The summed E-state index contributed by atoms with van der Waals surface area (Å²) in [5.74, 6) is 0.951. The molecule has 7 heteroatoms. The second-order valence-corrected chi connectivity index (χ2v) is 8.58. The average molecular weight is 444 g/mol. The molecule has 5 nitrogen and oxygen atoms in total. The first kappa shape index (κ1) is 23.7. The van der Waals surface area contributed by atoms with Gasteiger partial charge < -0.3 is 15.2 Å². The highest BCUT2D eigenvalue weighted by molar-refractivity contribution is 7.99. The molecule has 30 heavy (non-hydrogen) atoms. The Hall–Kier alpha value is -2.54. The van der Waals surface area contributed by atoms with Crippen molar-refractivity contribution in [2.45, 2.75) is 49.8 Å². The van der Waals surface area contributed by atoms with Gasteiger partial charge in [-0.3, -0.25) is 0 Å². The summed E-state index contributed by atoms with van der Waals surface area (Å²) in [4.78, 5) is 1.31. The highest BCUT2D eigenvalue weighted by Crippen LogP contribution is 2.49. The van der Waals surface area contributed by atoms with Gasteiger partial charge in [0, 0.05) is 10.6 Å². The third-order valence-corrected chi connectivity index (χ3v) is 6.01. The zero-order valence-electron chi connectivity index (χ0n) is 17.5. The highest BCUT2D eigenvalue weighted by Gasteiger charge is 2.27. The number of nitriles is 2. The number of para-hydroxylation sites is 1. The Balaban J connectivity index is 2.63. The smallest absolute Gasteiger partial charge is 0.158 e. The molecule has 0 unspecified atom stereocenters. The van der Waals surface area contributed by atoms with Crippen molar-refractivity contribution in [3.8, 4) is 23.6 Å². The minimum Gasteiger partial charge on any atom is -0.491 e. The summed E-state index contributed by atoms with van der Waals surface area (Å²) < 4.78 is 11.9. The van der Waals surface area contributed by atoms with Gasteiger partial charge in [-0.15, -0.1) is 0 Å². The van der Waals surface area contributed by atoms with Crippen molar-refractivity contribution in [3.05, 3.63) is 40.4 Å². The van der Waals surface area contributed by atoms with Crippen LogP contribution in [0.25, 0.3) is 0 Å². The fraction of sp³-hybridized carbons (Fsp3) is 0.391. The molecule has 0 fully saturated rings. The van der Waals surface area contributed by atoms with Gasteiger partial charge in [-0.25, -0.2) is 0 Å². The van der Waals surface area contributed by atoms with Crippen LogP contribution in [0.15, 0.2) is 34.1 Å². The van der Waals surface area contributed by atoms with Gasteiger partial charge in [0.1, 0.15) is 28.3 Å². The zero-order valence-corrected chi connectivity index (χ0v) is 19.1. The van der Waals surface area contributed by atoms with Crippen LogP contribution in [0.5, 0.6) is 11.5 Å². The van der Waals surface area contributed by atoms with Gasteiger partial charge in [-0.2, -0.15) is 10.5 Å². The number of unbranched alkanes of at least 4 members (excludes halogenated alkanes) is 1. The summed E-state index contributed by atoms with van der Waals surface area (Å²) in [6.45, 7) is 7.03. The number of ether oxygens (including phenoxy) is 2. The number of hydrogen-bond donors (Lipinski definition) is 1. The molecule has 0 bridgehead atoms. The van der Waals surface area contributed by atoms with Crippen LogP contribution >= 0.6 is 23.4 Å². The van der Waals surface area contributed by atoms with E-state index in [9.17, 15) is 10.5 Å². The molecule has 0 atom stereocenters. The molecule has 0 saturated carbocycles. The van der Waals surface area contributed by atoms with Crippen LogP contribution in [0, 0.1) is 28.6 Å². The monoisotopic (exact) mass is 443 g/mol. The molecule has 2 aromatic carbocycles. The lowest BCUT2D eigenvalue weighted by atomic mass is 10.1.